The highest BCUT2D eigenvalue weighted by Crippen LogP contribution is 2.44. The average Bonchev–Trinajstić information content (AvgIpc) is 3.01. The van der Waals surface area contributed by atoms with Crippen molar-refractivity contribution in [1.82, 2.24) is 4.57 Å². The zero-order chi connectivity index (χ0) is 19.7. The molecular formula is C21H20N2O4S. The van der Waals surface area contributed by atoms with E-state index in [1.54, 1.807) is 17.8 Å². The van der Waals surface area contributed by atoms with Crippen LogP contribution >= 0.6 is 11.8 Å². The number of carboxylic acids is 1. The maximum absolute atomic E-state index is 12.2. The Bertz CT molecular complexity index is 1050. The molecule has 28 heavy (non-hydrogen) atoms. The first kappa shape index (κ1) is 18.4. The summed E-state index contributed by atoms with van der Waals surface area (Å²) < 4.78 is 7.76. The Morgan fingerprint density at radius 2 is 1.96 bits per heavy atom. The number of aliphatic carboxylic acids is 1. The van der Waals surface area contributed by atoms with Gasteiger partial charge in [-0.1, -0.05) is 36.4 Å². The topological polar surface area (TPSA) is 94.6 Å². The number of carbonyl (C=O) groups excluding carboxylic acids is 1. The van der Waals surface area contributed by atoms with Gasteiger partial charge in [-0.3, -0.25) is 4.79 Å². The van der Waals surface area contributed by atoms with Crippen molar-refractivity contribution in [2.24, 2.45) is 5.73 Å². The molecule has 1 aromatic heterocycles. The number of benzene rings is 2. The van der Waals surface area contributed by atoms with Crippen molar-refractivity contribution in [3.05, 3.63) is 65.4 Å². The van der Waals surface area contributed by atoms with Crippen molar-refractivity contribution < 1.29 is 19.4 Å². The number of fused-ring (bicyclic) bond motifs is 3. The molecule has 0 saturated heterocycles. The van der Waals surface area contributed by atoms with Gasteiger partial charge in [0.2, 0.25) is 5.91 Å². The van der Waals surface area contributed by atoms with Crippen LogP contribution in [0.3, 0.4) is 0 Å². The summed E-state index contributed by atoms with van der Waals surface area (Å²) in [6.45, 7) is 0.217. The molecule has 0 bridgehead atoms. The number of rotatable bonds is 6. The SMILES string of the molecule is NC(=O)C1CSCc2c1c1c(OCC(=O)O)cccc1n2Cc1ccccc1. The van der Waals surface area contributed by atoms with Gasteiger partial charge in [-0.25, -0.2) is 4.79 Å². The highest BCUT2D eigenvalue weighted by Gasteiger charge is 2.32. The van der Waals surface area contributed by atoms with Gasteiger partial charge in [-0.05, 0) is 23.3 Å². The van der Waals surface area contributed by atoms with Crippen LogP contribution in [-0.4, -0.2) is 33.9 Å². The third-order valence-electron chi connectivity index (χ3n) is 4.95. The van der Waals surface area contributed by atoms with Crippen molar-refractivity contribution in [3.63, 3.8) is 0 Å². The molecule has 0 radical (unpaired) electrons. The van der Waals surface area contributed by atoms with Gasteiger partial charge < -0.3 is 20.1 Å². The zero-order valence-electron chi connectivity index (χ0n) is 15.1. The average molecular weight is 396 g/mol. The van der Waals surface area contributed by atoms with E-state index in [1.165, 1.54) is 0 Å². The first-order valence-electron chi connectivity index (χ1n) is 8.96. The predicted octanol–water partition coefficient (Wildman–Crippen LogP) is 2.97. The quantitative estimate of drug-likeness (QED) is 0.668. The highest BCUT2D eigenvalue weighted by molar-refractivity contribution is 7.98. The summed E-state index contributed by atoms with van der Waals surface area (Å²) in [6, 6.07) is 15.7. The minimum absolute atomic E-state index is 0.375. The zero-order valence-corrected chi connectivity index (χ0v) is 15.9. The Kier molecular flexibility index (Phi) is 5.00. The number of nitrogens with two attached hydrogens (primary N) is 1. The summed E-state index contributed by atoms with van der Waals surface area (Å²) in [4.78, 5) is 23.2. The molecule has 0 fully saturated rings. The second kappa shape index (κ2) is 7.59. The summed E-state index contributed by atoms with van der Waals surface area (Å²) in [7, 11) is 0. The van der Waals surface area contributed by atoms with E-state index in [2.05, 4.69) is 16.7 Å². The minimum atomic E-state index is -1.04. The van der Waals surface area contributed by atoms with Crippen molar-refractivity contribution in [2.45, 2.75) is 18.2 Å². The van der Waals surface area contributed by atoms with Crippen LogP contribution in [0.4, 0.5) is 0 Å². The Labute approximate surface area is 166 Å². The molecular weight excluding hydrogens is 376 g/mol. The maximum Gasteiger partial charge on any atom is 0.341 e. The van der Waals surface area contributed by atoms with Crippen molar-refractivity contribution in [3.8, 4) is 5.75 Å². The summed E-state index contributed by atoms with van der Waals surface area (Å²) in [6.07, 6.45) is 0. The number of nitrogens with zero attached hydrogens (tertiary/aromatic N) is 1. The van der Waals surface area contributed by atoms with E-state index in [-0.39, 0.29) is 5.91 Å². The van der Waals surface area contributed by atoms with Gasteiger partial charge in [0.1, 0.15) is 5.75 Å². The molecule has 6 nitrogen and oxygen atoms in total. The lowest BCUT2D eigenvalue weighted by Crippen LogP contribution is -2.26. The molecule has 144 valence electrons. The molecule has 1 aliphatic heterocycles. The molecule has 0 saturated carbocycles. The van der Waals surface area contributed by atoms with Gasteiger partial charge in [-0.15, -0.1) is 0 Å². The van der Waals surface area contributed by atoms with E-state index < -0.39 is 18.5 Å². The van der Waals surface area contributed by atoms with Crippen molar-refractivity contribution >= 4 is 34.5 Å². The lowest BCUT2D eigenvalue weighted by atomic mass is 9.96. The van der Waals surface area contributed by atoms with Gasteiger partial charge in [0.15, 0.2) is 6.61 Å². The molecule has 4 rings (SSSR count). The summed E-state index contributed by atoms with van der Waals surface area (Å²) in [5.41, 5.74) is 9.70. The van der Waals surface area contributed by atoms with E-state index in [1.807, 2.05) is 30.3 Å². The highest BCUT2D eigenvalue weighted by atomic mass is 32.2. The second-order valence-electron chi connectivity index (χ2n) is 6.73. The third kappa shape index (κ3) is 3.33. The second-order valence-corrected chi connectivity index (χ2v) is 7.77. The van der Waals surface area contributed by atoms with E-state index in [0.717, 1.165) is 33.5 Å². The Morgan fingerprint density at radius 3 is 2.68 bits per heavy atom. The fourth-order valence-electron chi connectivity index (χ4n) is 3.77. The number of amides is 1. The molecule has 1 unspecified atom stereocenters. The molecule has 0 aliphatic carbocycles. The van der Waals surface area contributed by atoms with Crippen LogP contribution in [-0.2, 0) is 21.9 Å². The van der Waals surface area contributed by atoms with Crippen LogP contribution in [0.1, 0.15) is 22.7 Å². The number of carbonyl (C=O) groups is 2. The summed E-state index contributed by atoms with van der Waals surface area (Å²) in [5.74, 6) is -0.000199. The normalized spacial score (nSPS) is 15.9. The Balaban J connectivity index is 1.93. The number of hydrogen-bond acceptors (Lipinski definition) is 4. The smallest absolute Gasteiger partial charge is 0.341 e. The molecule has 7 heteroatoms. The van der Waals surface area contributed by atoms with Gasteiger partial charge >= 0.3 is 5.97 Å². The summed E-state index contributed by atoms with van der Waals surface area (Å²) in [5, 5.41) is 9.81. The molecule has 0 spiro atoms. The van der Waals surface area contributed by atoms with Gasteiger partial charge in [0.05, 0.1) is 11.4 Å². The molecule has 1 atom stereocenters. The lowest BCUT2D eigenvalue weighted by Gasteiger charge is -2.22. The summed E-state index contributed by atoms with van der Waals surface area (Å²) >= 11 is 1.68. The van der Waals surface area contributed by atoms with Gasteiger partial charge in [0, 0.05) is 29.1 Å². The fourth-order valence-corrected chi connectivity index (χ4v) is 4.96. The molecule has 1 amide bonds. The lowest BCUT2D eigenvalue weighted by molar-refractivity contribution is -0.139. The monoisotopic (exact) mass is 396 g/mol. The van der Waals surface area contributed by atoms with E-state index in [0.29, 0.717) is 18.0 Å². The molecule has 2 heterocycles. The molecule has 1 aliphatic rings. The molecule has 3 N–H and O–H groups in total. The first-order valence-corrected chi connectivity index (χ1v) is 10.1. The predicted molar refractivity (Wildman–Crippen MR) is 109 cm³/mol. The number of primary amides is 1. The number of carboxylic acid groups (broad SMARTS) is 1. The van der Waals surface area contributed by atoms with Gasteiger partial charge in [-0.2, -0.15) is 11.8 Å². The van der Waals surface area contributed by atoms with Crippen LogP contribution in [0.25, 0.3) is 10.9 Å². The minimum Gasteiger partial charge on any atom is -0.481 e. The number of ether oxygens (including phenoxy) is 1. The van der Waals surface area contributed by atoms with Crippen LogP contribution in [0, 0.1) is 0 Å². The number of aromatic nitrogens is 1. The third-order valence-corrected chi connectivity index (χ3v) is 6.00. The van der Waals surface area contributed by atoms with Gasteiger partial charge in [0.25, 0.3) is 0 Å². The standard InChI is InChI=1S/C21H20N2O4S/c22-21(26)14-11-28-12-16-19(14)20-15(7-4-8-17(20)27-10-18(24)25)23(16)9-13-5-2-1-3-6-13/h1-8,14H,9-12H2,(H2,22,26)(H,24,25). The van der Waals surface area contributed by atoms with Crippen LogP contribution < -0.4 is 10.5 Å². The number of hydrogen-bond donors (Lipinski definition) is 2. The van der Waals surface area contributed by atoms with Crippen molar-refractivity contribution in [2.75, 3.05) is 12.4 Å². The van der Waals surface area contributed by atoms with Crippen molar-refractivity contribution in [1.29, 1.82) is 0 Å². The maximum atomic E-state index is 12.2. The van der Waals surface area contributed by atoms with Crippen LogP contribution in [0.5, 0.6) is 5.75 Å². The Hall–Kier alpha value is -2.93. The Morgan fingerprint density at radius 1 is 1.18 bits per heavy atom. The van der Waals surface area contributed by atoms with Crippen LogP contribution in [0.2, 0.25) is 0 Å². The van der Waals surface area contributed by atoms with Crippen LogP contribution in [0.15, 0.2) is 48.5 Å². The molecule has 3 aromatic rings. The van der Waals surface area contributed by atoms with E-state index in [9.17, 15) is 9.59 Å². The van der Waals surface area contributed by atoms with E-state index in [4.69, 9.17) is 15.6 Å². The van der Waals surface area contributed by atoms with E-state index >= 15 is 0 Å². The largest absolute Gasteiger partial charge is 0.481 e. The first-order chi connectivity index (χ1) is 13.6. The molecule has 2 aromatic carbocycles. The number of thioether (sulfide) groups is 1. The fraction of sp³-hybridized carbons (Fsp3) is 0.238.